The van der Waals surface area contributed by atoms with Crippen LogP contribution in [-0.4, -0.2) is 35.8 Å². The molecule has 0 aromatic carbocycles. The van der Waals surface area contributed by atoms with Crippen LogP contribution in [0.15, 0.2) is 18.7 Å². The second kappa shape index (κ2) is 7.21. The van der Waals surface area contributed by atoms with Crippen molar-refractivity contribution in [2.24, 2.45) is 0 Å². The summed E-state index contributed by atoms with van der Waals surface area (Å²) in [6.45, 7) is 10.9. The average Bonchev–Trinajstić information content (AvgIpc) is 2.44. The second-order valence-corrected chi connectivity index (χ2v) is 7.14. The molecule has 6 heteroatoms. The zero-order valence-corrected chi connectivity index (χ0v) is 14.7. The van der Waals surface area contributed by atoms with Gasteiger partial charge >= 0.3 is 6.09 Å². The number of carbonyl (C=O) groups is 1. The number of ether oxygens (including phenoxy) is 1. The lowest BCUT2D eigenvalue weighted by molar-refractivity contribution is 0.0500. The molecular weight excluding hydrogens is 314 g/mol. The van der Waals surface area contributed by atoms with Crippen molar-refractivity contribution in [2.45, 2.75) is 45.3 Å². The molecule has 126 valence electrons. The highest BCUT2D eigenvalue weighted by atomic mass is 35.5. The van der Waals surface area contributed by atoms with Gasteiger partial charge in [-0.3, -0.25) is 0 Å². The smallest absolute Gasteiger partial charge is 0.407 e. The fourth-order valence-electron chi connectivity index (χ4n) is 2.55. The predicted molar refractivity (Wildman–Crippen MR) is 93.9 cm³/mol. The summed E-state index contributed by atoms with van der Waals surface area (Å²) in [5.74, 6) is 0.808. The molecule has 1 saturated heterocycles. The third kappa shape index (κ3) is 5.43. The Labute approximate surface area is 142 Å². The van der Waals surface area contributed by atoms with Crippen LogP contribution in [0.1, 0.15) is 39.3 Å². The van der Waals surface area contributed by atoms with E-state index in [0.717, 1.165) is 30.9 Å². The van der Waals surface area contributed by atoms with E-state index in [-0.39, 0.29) is 12.1 Å². The van der Waals surface area contributed by atoms with Crippen molar-refractivity contribution in [1.29, 1.82) is 0 Å². The Kier molecular flexibility index (Phi) is 5.52. The van der Waals surface area contributed by atoms with Gasteiger partial charge in [-0.05, 0) is 51.8 Å². The second-order valence-electron chi connectivity index (χ2n) is 6.70. The van der Waals surface area contributed by atoms with Gasteiger partial charge in [-0.15, -0.1) is 0 Å². The number of pyridine rings is 1. The van der Waals surface area contributed by atoms with E-state index in [2.05, 4.69) is 21.8 Å². The number of amides is 1. The number of carbonyl (C=O) groups excluding carboxylic acids is 1. The highest BCUT2D eigenvalue weighted by Crippen LogP contribution is 2.23. The van der Waals surface area contributed by atoms with Crippen molar-refractivity contribution < 1.29 is 9.53 Å². The number of alkyl carbamates (subject to hydrolysis) is 1. The molecule has 1 aromatic rings. The van der Waals surface area contributed by atoms with Crippen LogP contribution in [0.4, 0.5) is 10.6 Å². The van der Waals surface area contributed by atoms with Gasteiger partial charge in [-0.1, -0.05) is 18.2 Å². The number of anilines is 1. The van der Waals surface area contributed by atoms with Crippen molar-refractivity contribution in [1.82, 2.24) is 10.3 Å². The first kappa shape index (κ1) is 17.6. The highest BCUT2D eigenvalue weighted by Gasteiger charge is 2.25. The lowest BCUT2D eigenvalue weighted by atomic mass is 10.1. The Morgan fingerprint density at radius 3 is 2.91 bits per heavy atom. The van der Waals surface area contributed by atoms with E-state index in [1.165, 1.54) is 0 Å². The van der Waals surface area contributed by atoms with Crippen LogP contribution in [0.5, 0.6) is 0 Å². The molecule has 0 saturated carbocycles. The first-order valence-corrected chi connectivity index (χ1v) is 8.19. The molecule has 1 N–H and O–H groups in total. The van der Waals surface area contributed by atoms with Crippen LogP contribution in [0.3, 0.4) is 0 Å². The summed E-state index contributed by atoms with van der Waals surface area (Å²) in [5.41, 5.74) is 0.251. The third-order valence-corrected chi connectivity index (χ3v) is 3.69. The van der Waals surface area contributed by atoms with Gasteiger partial charge in [-0.25, -0.2) is 9.78 Å². The molecule has 1 fully saturated rings. The van der Waals surface area contributed by atoms with E-state index in [9.17, 15) is 4.79 Å². The average molecular weight is 338 g/mol. The molecule has 5 nitrogen and oxygen atoms in total. The third-order valence-electron chi connectivity index (χ3n) is 3.47. The minimum Gasteiger partial charge on any atom is -0.444 e. The first-order valence-electron chi connectivity index (χ1n) is 7.81. The summed E-state index contributed by atoms with van der Waals surface area (Å²) in [6, 6.07) is 3.65. The van der Waals surface area contributed by atoms with Gasteiger partial charge in [0, 0.05) is 24.2 Å². The lowest BCUT2D eigenvalue weighted by Gasteiger charge is -2.34. The molecule has 1 unspecified atom stereocenters. The summed E-state index contributed by atoms with van der Waals surface area (Å²) < 4.78 is 5.32. The first-order chi connectivity index (χ1) is 10.8. The molecule has 2 rings (SSSR count). The summed E-state index contributed by atoms with van der Waals surface area (Å²) in [6.07, 6.45) is 3.19. The molecule has 0 aliphatic carbocycles. The summed E-state index contributed by atoms with van der Waals surface area (Å²) in [4.78, 5) is 18.6. The zero-order valence-electron chi connectivity index (χ0n) is 13.9. The van der Waals surface area contributed by atoms with Crippen LogP contribution in [0.25, 0.3) is 6.08 Å². The Bertz CT molecular complexity index is 584. The maximum atomic E-state index is 11.9. The van der Waals surface area contributed by atoms with Gasteiger partial charge in [0.2, 0.25) is 0 Å². The van der Waals surface area contributed by atoms with Crippen molar-refractivity contribution in [3.05, 3.63) is 29.4 Å². The van der Waals surface area contributed by atoms with Gasteiger partial charge in [-0.2, -0.15) is 0 Å². The topological polar surface area (TPSA) is 54.5 Å². The number of hydrogen-bond donors (Lipinski definition) is 1. The number of nitrogens with zero attached hydrogens (tertiary/aromatic N) is 2. The van der Waals surface area contributed by atoms with Gasteiger partial charge < -0.3 is 15.0 Å². The molecule has 1 aromatic heterocycles. The van der Waals surface area contributed by atoms with Gasteiger partial charge in [0.1, 0.15) is 11.4 Å². The number of piperidine rings is 1. The molecule has 0 bridgehead atoms. The standard InChI is InChI=1S/C17H24ClN3O2/c1-5-13-9-12(18)10-15(19-13)21-8-6-7-14(11-21)20-16(22)23-17(2,3)4/h5,9-10,14H,1,6-8,11H2,2-4H3,(H,20,22). The van der Waals surface area contributed by atoms with E-state index in [1.54, 1.807) is 12.1 Å². The number of halogens is 1. The summed E-state index contributed by atoms with van der Waals surface area (Å²) in [7, 11) is 0. The minimum absolute atomic E-state index is 0.0339. The Balaban J connectivity index is 2.02. The molecule has 1 atom stereocenters. The Morgan fingerprint density at radius 1 is 1.52 bits per heavy atom. The molecule has 1 aliphatic heterocycles. The van der Waals surface area contributed by atoms with E-state index < -0.39 is 5.60 Å². The fraction of sp³-hybridized carbons (Fsp3) is 0.529. The molecule has 1 aliphatic rings. The maximum Gasteiger partial charge on any atom is 0.407 e. The maximum absolute atomic E-state index is 11.9. The number of hydrogen-bond acceptors (Lipinski definition) is 4. The molecule has 1 amide bonds. The van der Waals surface area contributed by atoms with Crippen molar-refractivity contribution in [2.75, 3.05) is 18.0 Å². The SMILES string of the molecule is C=Cc1cc(Cl)cc(N2CCCC(NC(=O)OC(C)(C)C)C2)n1. The quantitative estimate of drug-likeness (QED) is 0.909. The molecule has 0 spiro atoms. The van der Waals surface area contributed by atoms with E-state index in [4.69, 9.17) is 16.3 Å². The Morgan fingerprint density at radius 2 is 2.26 bits per heavy atom. The number of rotatable bonds is 3. The minimum atomic E-state index is -0.494. The van der Waals surface area contributed by atoms with Crippen molar-refractivity contribution >= 4 is 29.6 Å². The molecule has 23 heavy (non-hydrogen) atoms. The lowest BCUT2D eigenvalue weighted by Crippen LogP contribution is -2.49. The molecule has 0 radical (unpaired) electrons. The largest absolute Gasteiger partial charge is 0.444 e. The number of nitrogens with one attached hydrogen (secondary N) is 1. The monoisotopic (exact) mass is 337 g/mol. The van der Waals surface area contributed by atoms with Crippen LogP contribution in [0, 0.1) is 0 Å². The van der Waals surface area contributed by atoms with E-state index >= 15 is 0 Å². The fourth-order valence-corrected chi connectivity index (χ4v) is 2.76. The zero-order chi connectivity index (χ0) is 17.0. The summed E-state index contributed by atoms with van der Waals surface area (Å²) >= 11 is 6.14. The van der Waals surface area contributed by atoms with Crippen LogP contribution < -0.4 is 10.2 Å². The highest BCUT2D eigenvalue weighted by molar-refractivity contribution is 6.30. The van der Waals surface area contributed by atoms with Gasteiger partial charge in [0.05, 0.1) is 5.69 Å². The van der Waals surface area contributed by atoms with E-state index in [0.29, 0.717) is 11.6 Å². The van der Waals surface area contributed by atoms with Gasteiger partial charge in [0.15, 0.2) is 0 Å². The van der Waals surface area contributed by atoms with Crippen LogP contribution >= 0.6 is 11.6 Å². The van der Waals surface area contributed by atoms with Crippen molar-refractivity contribution in [3.8, 4) is 0 Å². The Hall–Kier alpha value is -1.75. The van der Waals surface area contributed by atoms with E-state index in [1.807, 2.05) is 26.8 Å². The van der Waals surface area contributed by atoms with Crippen LogP contribution in [-0.2, 0) is 4.74 Å². The summed E-state index contributed by atoms with van der Waals surface area (Å²) in [5, 5.41) is 3.57. The molecular formula is C17H24ClN3O2. The van der Waals surface area contributed by atoms with Crippen LogP contribution in [0.2, 0.25) is 5.02 Å². The molecule has 2 heterocycles. The van der Waals surface area contributed by atoms with Gasteiger partial charge in [0.25, 0.3) is 0 Å². The van der Waals surface area contributed by atoms with Crippen molar-refractivity contribution in [3.63, 3.8) is 0 Å². The number of aromatic nitrogens is 1. The normalized spacial score (nSPS) is 18.4. The predicted octanol–water partition coefficient (Wildman–Crippen LogP) is 3.87.